The Kier molecular flexibility index (Phi) is 6.01. The number of fused-ring (bicyclic) bond motifs is 1. The largest absolute Gasteiger partial charge is 0.424 e. The maximum Gasteiger partial charge on any atom is 0.322 e. The molecular weight excluding hydrogens is 462 g/mol. The molecule has 13 nitrogen and oxygen atoms in total. The minimum absolute atomic E-state index is 0.0501. The number of aromatic nitrogens is 6. The molecule has 0 spiro atoms. The fourth-order valence-corrected chi connectivity index (χ4v) is 4.41. The molecule has 178 valence electrons. The zero-order chi connectivity index (χ0) is 24.5. The molecule has 0 radical (unpaired) electrons. The summed E-state index contributed by atoms with van der Waals surface area (Å²) in [5.74, 6) is 0.759. The lowest BCUT2D eigenvalue weighted by molar-refractivity contribution is 0.250. The van der Waals surface area contributed by atoms with Crippen LogP contribution in [0.4, 0.5) is 10.7 Å². The van der Waals surface area contributed by atoms with Gasteiger partial charge in [0.05, 0.1) is 6.54 Å². The van der Waals surface area contributed by atoms with Gasteiger partial charge in [-0.15, -0.1) is 15.3 Å². The van der Waals surface area contributed by atoms with Crippen LogP contribution in [0.2, 0.25) is 0 Å². The van der Waals surface area contributed by atoms with Crippen molar-refractivity contribution in [3.63, 3.8) is 0 Å². The van der Waals surface area contributed by atoms with Crippen LogP contribution in [0.25, 0.3) is 16.8 Å². The Morgan fingerprint density at radius 2 is 1.94 bits per heavy atom. The molecular formula is C20H23N9O4S. The summed E-state index contributed by atoms with van der Waals surface area (Å²) in [6, 6.07) is 4.45. The second kappa shape index (κ2) is 8.79. The molecule has 0 aromatic carbocycles. The number of pyridine rings is 2. The highest BCUT2D eigenvalue weighted by Crippen LogP contribution is 2.23. The van der Waals surface area contributed by atoms with Crippen molar-refractivity contribution in [2.45, 2.75) is 44.7 Å². The van der Waals surface area contributed by atoms with E-state index in [2.05, 4.69) is 40.6 Å². The van der Waals surface area contributed by atoms with Crippen LogP contribution in [0.3, 0.4) is 0 Å². The monoisotopic (exact) mass is 485 g/mol. The number of anilines is 1. The van der Waals surface area contributed by atoms with Crippen molar-refractivity contribution in [2.75, 3.05) is 5.32 Å². The maximum atomic E-state index is 12.7. The van der Waals surface area contributed by atoms with Gasteiger partial charge < -0.3 is 9.73 Å². The van der Waals surface area contributed by atoms with E-state index < -0.39 is 21.6 Å². The van der Waals surface area contributed by atoms with E-state index in [0.29, 0.717) is 22.7 Å². The molecule has 0 bridgehead atoms. The molecule has 0 atom stereocenters. The van der Waals surface area contributed by atoms with E-state index in [9.17, 15) is 13.2 Å². The molecule has 0 saturated carbocycles. The van der Waals surface area contributed by atoms with E-state index in [4.69, 9.17) is 4.42 Å². The number of hydrogen-bond donors (Lipinski definition) is 3. The van der Waals surface area contributed by atoms with Crippen molar-refractivity contribution >= 4 is 27.6 Å². The van der Waals surface area contributed by atoms with Gasteiger partial charge in [0.15, 0.2) is 5.65 Å². The summed E-state index contributed by atoms with van der Waals surface area (Å²) in [6.07, 6.45) is 4.51. The Morgan fingerprint density at radius 1 is 1.15 bits per heavy atom. The van der Waals surface area contributed by atoms with E-state index in [0.717, 1.165) is 0 Å². The molecule has 0 unspecified atom stereocenters. The molecule has 0 aliphatic heterocycles. The van der Waals surface area contributed by atoms with Gasteiger partial charge in [-0.2, -0.15) is 4.98 Å². The van der Waals surface area contributed by atoms with Crippen molar-refractivity contribution in [1.82, 2.24) is 39.8 Å². The summed E-state index contributed by atoms with van der Waals surface area (Å²) in [7, 11) is -3.74. The van der Waals surface area contributed by atoms with Crippen LogP contribution >= 0.6 is 0 Å². The number of nitrogens with zero attached hydrogens (tertiary/aromatic N) is 6. The molecule has 34 heavy (non-hydrogen) atoms. The summed E-state index contributed by atoms with van der Waals surface area (Å²) >= 11 is 0. The number of aryl methyl sites for hydroxylation is 1. The van der Waals surface area contributed by atoms with Gasteiger partial charge in [-0.1, -0.05) is 0 Å². The third-order valence-corrected chi connectivity index (χ3v) is 6.05. The van der Waals surface area contributed by atoms with E-state index in [1.54, 1.807) is 52.2 Å². The first-order valence-corrected chi connectivity index (χ1v) is 11.7. The van der Waals surface area contributed by atoms with E-state index >= 15 is 0 Å². The first-order chi connectivity index (χ1) is 16.0. The molecule has 4 rings (SSSR count). The number of amides is 2. The van der Waals surface area contributed by atoms with Gasteiger partial charge in [0.1, 0.15) is 4.90 Å². The quantitative estimate of drug-likeness (QED) is 0.369. The van der Waals surface area contributed by atoms with Crippen LogP contribution in [0, 0.1) is 6.92 Å². The minimum Gasteiger partial charge on any atom is -0.424 e. The predicted octanol–water partition coefficient (Wildman–Crippen LogP) is 1.88. The first-order valence-electron chi connectivity index (χ1n) is 10.2. The third-order valence-electron chi connectivity index (χ3n) is 4.32. The Morgan fingerprint density at radius 3 is 2.65 bits per heavy atom. The van der Waals surface area contributed by atoms with E-state index in [-0.39, 0.29) is 23.3 Å². The van der Waals surface area contributed by atoms with Gasteiger partial charge >= 0.3 is 6.03 Å². The predicted molar refractivity (Wildman–Crippen MR) is 121 cm³/mol. The van der Waals surface area contributed by atoms with Crippen molar-refractivity contribution < 1.29 is 17.6 Å². The smallest absolute Gasteiger partial charge is 0.322 e. The van der Waals surface area contributed by atoms with Gasteiger partial charge in [-0.3, -0.25) is 10.3 Å². The average molecular weight is 486 g/mol. The summed E-state index contributed by atoms with van der Waals surface area (Å²) < 4.78 is 34.6. The Hall–Kier alpha value is -3.91. The summed E-state index contributed by atoms with van der Waals surface area (Å²) in [5.41, 5.74) is 1.10. The van der Waals surface area contributed by atoms with Gasteiger partial charge in [0.25, 0.3) is 5.95 Å². The van der Waals surface area contributed by atoms with Crippen molar-refractivity contribution in [2.24, 2.45) is 0 Å². The van der Waals surface area contributed by atoms with Crippen molar-refractivity contribution in [3.05, 3.63) is 48.6 Å². The molecule has 0 aliphatic rings. The highest BCUT2D eigenvalue weighted by molar-refractivity contribution is 7.89. The maximum absolute atomic E-state index is 12.7. The zero-order valence-corrected chi connectivity index (χ0v) is 19.7. The molecule has 0 fully saturated rings. The Bertz CT molecular complexity index is 1450. The van der Waals surface area contributed by atoms with Crippen molar-refractivity contribution in [1.29, 1.82) is 0 Å². The van der Waals surface area contributed by atoms with Crippen LogP contribution in [0.1, 0.15) is 32.6 Å². The van der Waals surface area contributed by atoms with Crippen LogP contribution < -0.4 is 15.4 Å². The fourth-order valence-electron chi connectivity index (χ4n) is 3.00. The van der Waals surface area contributed by atoms with Crippen LogP contribution in [-0.2, 0) is 16.6 Å². The number of sulfonamides is 1. The molecule has 0 aliphatic carbocycles. The number of carbonyl (C=O) groups is 1. The highest BCUT2D eigenvalue weighted by Gasteiger charge is 2.22. The van der Waals surface area contributed by atoms with Gasteiger partial charge in [-0.05, 0) is 39.0 Å². The second-order valence-corrected chi connectivity index (χ2v) is 10.1. The van der Waals surface area contributed by atoms with Crippen LogP contribution in [0.15, 0.2) is 46.1 Å². The summed E-state index contributed by atoms with van der Waals surface area (Å²) in [6.45, 7) is 7.00. The first kappa shape index (κ1) is 23.3. The summed E-state index contributed by atoms with van der Waals surface area (Å²) in [4.78, 5) is 20.5. The Labute approximate surface area is 195 Å². The molecule has 4 aromatic rings. The minimum atomic E-state index is -3.74. The van der Waals surface area contributed by atoms with Gasteiger partial charge in [0, 0.05) is 42.2 Å². The lowest BCUT2D eigenvalue weighted by Gasteiger charge is -2.20. The molecule has 3 N–H and O–H groups in total. The molecule has 4 heterocycles. The standard InChI is InChI=1S/C20H23N9O4S/c1-12-25-26-17(33-12)10-22-19(30)24-18-23-16-6-5-13(11-29(16)27-18)14-7-15(9-21-8-14)34(31,32)28-20(2,3)4/h5-9,11,28H,10H2,1-4H3,(H2,22,24,27,30). The van der Waals surface area contributed by atoms with Crippen LogP contribution in [0.5, 0.6) is 0 Å². The van der Waals surface area contributed by atoms with Crippen molar-refractivity contribution in [3.8, 4) is 11.1 Å². The fraction of sp³-hybridized carbons (Fsp3) is 0.300. The van der Waals surface area contributed by atoms with Gasteiger partial charge in [0.2, 0.25) is 21.8 Å². The number of nitrogens with one attached hydrogen (secondary N) is 3. The van der Waals surface area contributed by atoms with Crippen LogP contribution in [-0.4, -0.2) is 49.8 Å². The molecule has 4 aromatic heterocycles. The average Bonchev–Trinajstić information content (AvgIpc) is 3.35. The molecule has 14 heteroatoms. The SMILES string of the molecule is Cc1nnc(CNC(=O)Nc2nc3ccc(-c4cncc(S(=O)(=O)NC(C)(C)C)c4)cn3n2)o1. The topological polar surface area (TPSA) is 169 Å². The normalized spacial score (nSPS) is 12.1. The lowest BCUT2D eigenvalue weighted by Crippen LogP contribution is -2.40. The van der Waals surface area contributed by atoms with E-state index in [1.807, 2.05) is 0 Å². The number of urea groups is 1. The number of rotatable bonds is 6. The Balaban J connectivity index is 1.50. The molecule has 0 saturated heterocycles. The van der Waals surface area contributed by atoms with Gasteiger partial charge in [-0.25, -0.2) is 22.4 Å². The zero-order valence-electron chi connectivity index (χ0n) is 18.9. The summed E-state index contributed by atoms with van der Waals surface area (Å²) in [5, 5.41) is 16.8. The number of carbonyl (C=O) groups excluding carboxylic acids is 1. The molecule has 2 amide bonds. The highest BCUT2D eigenvalue weighted by atomic mass is 32.2. The lowest BCUT2D eigenvalue weighted by atomic mass is 10.1. The second-order valence-electron chi connectivity index (χ2n) is 8.44. The van der Waals surface area contributed by atoms with E-state index in [1.165, 1.54) is 16.8 Å². The third kappa shape index (κ3) is 5.52. The number of hydrogen-bond acceptors (Lipinski definition) is 9.